The molecule has 0 spiro atoms. The Balaban J connectivity index is 1.60. The van der Waals surface area contributed by atoms with Gasteiger partial charge in [0.2, 0.25) is 0 Å². The quantitative estimate of drug-likeness (QED) is 0.384. The molecule has 0 saturated heterocycles. The molecule has 2 heterocycles. The smallest absolute Gasteiger partial charge is 0.164 e. The fourth-order valence-electron chi connectivity index (χ4n) is 3.26. The first-order chi connectivity index (χ1) is 14.9. The van der Waals surface area contributed by atoms with Crippen molar-refractivity contribution < 1.29 is 0 Å². The maximum atomic E-state index is 4.76. The normalized spacial score (nSPS) is 10.7. The third-order valence-corrected chi connectivity index (χ3v) is 4.80. The van der Waals surface area contributed by atoms with Crippen LogP contribution in [0.2, 0.25) is 0 Å². The molecular weight excluding hydrogens is 368 g/mol. The average molecular weight is 386 g/mol. The lowest BCUT2D eigenvalue weighted by molar-refractivity contribution is 1.07. The van der Waals surface area contributed by atoms with Gasteiger partial charge in [-0.05, 0) is 12.1 Å². The molecule has 0 saturated carbocycles. The zero-order chi connectivity index (χ0) is 20.2. The van der Waals surface area contributed by atoms with Crippen LogP contribution < -0.4 is 0 Å². The molecule has 4 heteroatoms. The molecule has 0 N–H and O–H groups in total. The number of aromatic nitrogens is 4. The molecule has 0 unspecified atom stereocenters. The number of hydrogen-bond acceptors (Lipinski definition) is 4. The Morgan fingerprint density at radius 3 is 1.27 bits per heavy atom. The van der Waals surface area contributed by atoms with Gasteiger partial charge in [-0.3, -0.25) is 4.98 Å². The lowest BCUT2D eigenvalue weighted by Gasteiger charge is -2.09. The Bertz CT molecular complexity index is 1200. The van der Waals surface area contributed by atoms with E-state index in [4.69, 9.17) is 15.0 Å². The highest BCUT2D eigenvalue weighted by atomic mass is 15.0. The van der Waals surface area contributed by atoms with E-state index in [1.165, 1.54) is 0 Å². The summed E-state index contributed by atoms with van der Waals surface area (Å²) >= 11 is 0. The minimum Gasteiger partial charge on any atom is -0.256 e. The monoisotopic (exact) mass is 386 g/mol. The standard InChI is InChI=1S/C26H18N4/c1-3-9-20(10-4-1)24-28-25(21-11-5-2-6-12-21)30-26(29-24)22-16-14-19(15-17-22)23-13-7-8-18-27-23/h1-18H. The van der Waals surface area contributed by atoms with E-state index in [-0.39, 0.29) is 0 Å². The molecule has 0 atom stereocenters. The Kier molecular flexibility index (Phi) is 4.80. The highest BCUT2D eigenvalue weighted by molar-refractivity contribution is 5.69. The first-order valence-electron chi connectivity index (χ1n) is 9.75. The minimum absolute atomic E-state index is 0.648. The molecule has 0 aliphatic rings. The van der Waals surface area contributed by atoms with E-state index >= 15 is 0 Å². The van der Waals surface area contributed by atoms with Crippen molar-refractivity contribution in [2.75, 3.05) is 0 Å². The first kappa shape index (κ1) is 17.9. The molecule has 0 aliphatic heterocycles. The van der Waals surface area contributed by atoms with Gasteiger partial charge in [0.1, 0.15) is 0 Å². The van der Waals surface area contributed by atoms with Crippen molar-refractivity contribution in [3.63, 3.8) is 0 Å². The van der Waals surface area contributed by atoms with Crippen molar-refractivity contribution in [3.05, 3.63) is 109 Å². The highest BCUT2D eigenvalue weighted by Crippen LogP contribution is 2.26. The van der Waals surface area contributed by atoms with E-state index in [9.17, 15) is 0 Å². The Morgan fingerprint density at radius 1 is 0.367 bits per heavy atom. The number of hydrogen-bond donors (Lipinski definition) is 0. The van der Waals surface area contributed by atoms with Crippen molar-refractivity contribution in [2.24, 2.45) is 0 Å². The zero-order valence-electron chi connectivity index (χ0n) is 16.2. The van der Waals surface area contributed by atoms with Crippen LogP contribution in [0, 0.1) is 0 Å². The molecule has 0 aliphatic carbocycles. The van der Waals surface area contributed by atoms with E-state index in [1.54, 1.807) is 6.20 Å². The van der Waals surface area contributed by atoms with Crippen molar-refractivity contribution in [2.45, 2.75) is 0 Å². The van der Waals surface area contributed by atoms with Crippen LogP contribution in [0.25, 0.3) is 45.4 Å². The third-order valence-electron chi connectivity index (χ3n) is 4.80. The van der Waals surface area contributed by atoms with Crippen LogP contribution in [0.5, 0.6) is 0 Å². The Morgan fingerprint density at radius 2 is 0.800 bits per heavy atom. The summed E-state index contributed by atoms with van der Waals surface area (Å²) in [6.07, 6.45) is 1.80. The molecule has 0 bridgehead atoms. The summed E-state index contributed by atoms with van der Waals surface area (Å²) in [6, 6.07) is 34.0. The largest absolute Gasteiger partial charge is 0.256 e. The molecule has 0 radical (unpaired) electrons. The topological polar surface area (TPSA) is 51.6 Å². The van der Waals surface area contributed by atoms with E-state index in [0.29, 0.717) is 17.5 Å². The fraction of sp³-hybridized carbons (Fsp3) is 0. The van der Waals surface area contributed by atoms with Crippen LogP contribution >= 0.6 is 0 Å². The lowest BCUT2D eigenvalue weighted by atomic mass is 10.1. The molecule has 142 valence electrons. The van der Waals surface area contributed by atoms with E-state index in [2.05, 4.69) is 4.98 Å². The fourth-order valence-corrected chi connectivity index (χ4v) is 3.26. The van der Waals surface area contributed by atoms with E-state index in [0.717, 1.165) is 27.9 Å². The third kappa shape index (κ3) is 3.71. The summed E-state index contributed by atoms with van der Waals surface area (Å²) in [6.45, 7) is 0. The molecule has 2 aromatic heterocycles. The zero-order valence-corrected chi connectivity index (χ0v) is 16.2. The van der Waals surface area contributed by atoms with Crippen molar-refractivity contribution >= 4 is 0 Å². The Hall–Kier alpha value is -4.18. The van der Waals surface area contributed by atoms with Crippen molar-refractivity contribution in [3.8, 4) is 45.4 Å². The van der Waals surface area contributed by atoms with Gasteiger partial charge in [-0.1, -0.05) is 91.0 Å². The summed E-state index contributed by atoms with van der Waals surface area (Å²) in [7, 11) is 0. The molecule has 4 nitrogen and oxygen atoms in total. The Labute approximate surface area is 175 Å². The van der Waals surface area contributed by atoms with Gasteiger partial charge < -0.3 is 0 Å². The second-order valence-electron chi connectivity index (χ2n) is 6.83. The maximum absolute atomic E-state index is 4.76. The van der Waals surface area contributed by atoms with Gasteiger partial charge in [0.15, 0.2) is 17.5 Å². The summed E-state index contributed by atoms with van der Waals surface area (Å²) in [5, 5.41) is 0. The summed E-state index contributed by atoms with van der Waals surface area (Å²) in [4.78, 5) is 18.7. The second kappa shape index (κ2) is 8.05. The minimum atomic E-state index is 0.648. The molecule has 30 heavy (non-hydrogen) atoms. The highest BCUT2D eigenvalue weighted by Gasteiger charge is 2.12. The van der Waals surface area contributed by atoms with Crippen LogP contribution in [-0.4, -0.2) is 19.9 Å². The SMILES string of the molecule is c1ccc(-c2nc(-c3ccccc3)nc(-c3ccc(-c4ccccn4)cc3)n2)cc1. The summed E-state index contributed by atoms with van der Waals surface area (Å²) in [5.41, 5.74) is 4.85. The van der Waals surface area contributed by atoms with Gasteiger partial charge in [-0.15, -0.1) is 0 Å². The number of benzene rings is 3. The first-order valence-corrected chi connectivity index (χ1v) is 9.75. The van der Waals surface area contributed by atoms with E-state index in [1.807, 2.05) is 103 Å². The van der Waals surface area contributed by atoms with Gasteiger partial charge in [0.05, 0.1) is 5.69 Å². The molecular formula is C26H18N4. The molecule has 5 rings (SSSR count). The maximum Gasteiger partial charge on any atom is 0.164 e. The molecule has 5 aromatic rings. The number of pyridine rings is 1. The second-order valence-corrected chi connectivity index (χ2v) is 6.83. The summed E-state index contributed by atoms with van der Waals surface area (Å²) < 4.78 is 0. The van der Waals surface area contributed by atoms with Crippen LogP contribution in [0.15, 0.2) is 109 Å². The molecule has 0 amide bonds. The summed E-state index contributed by atoms with van der Waals surface area (Å²) in [5.74, 6) is 1.97. The molecule has 0 fully saturated rings. The lowest BCUT2D eigenvalue weighted by Crippen LogP contribution is -2.00. The van der Waals surface area contributed by atoms with Gasteiger partial charge in [0, 0.05) is 28.5 Å². The predicted octanol–water partition coefficient (Wildman–Crippen LogP) is 5.93. The van der Waals surface area contributed by atoms with Gasteiger partial charge in [-0.2, -0.15) is 0 Å². The van der Waals surface area contributed by atoms with E-state index < -0.39 is 0 Å². The van der Waals surface area contributed by atoms with Gasteiger partial charge in [0.25, 0.3) is 0 Å². The molecule has 3 aromatic carbocycles. The van der Waals surface area contributed by atoms with Crippen molar-refractivity contribution in [1.82, 2.24) is 19.9 Å². The van der Waals surface area contributed by atoms with Crippen LogP contribution in [-0.2, 0) is 0 Å². The van der Waals surface area contributed by atoms with Gasteiger partial charge >= 0.3 is 0 Å². The van der Waals surface area contributed by atoms with Crippen molar-refractivity contribution in [1.29, 1.82) is 0 Å². The number of rotatable bonds is 4. The van der Waals surface area contributed by atoms with Gasteiger partial charge in [-0.25, -0.2) is 15.0 Å². The predicted molar refractivity (Wildman–Crippen MR) is 119 cm³/mol. The van der Waals surface area contributed by atoms with Crippen LogP contribution in [0.4, 0.5) is 0 Å². The average Bonchev–Trinajstić information content (AvgIpc) is 2.85. The number of nitrogens with zero attached hydrogens (tertiary/aromatic N) is 4. The van der Waals surface area contributed by atoms with Crippen LogP contribution in [0.3, 0.4) is 0 Å². The van der Waals surface area contributed by atoms with Crippen LogP contribution in [0.1, 0.15) is 0 Å².